The molecule has 2 atom stereocenters. The quantitative estimate of drug-likeness (QED) is 0.842. The average molecular weight is 267 g/mol. The lowest BCUT2D eigenvalue weighted by atomic mass is 9.85. The maximum atomic E-state index is 12.6. The number of hydrogen-bond donors (Lipinski definition) is 1. The summed E-state index contributed by atoms with van der Waals surface area (Å²) in [5.41, 5.74) is 6.00. The average Bonchev–Trinajstić information content (AvgIpc) is 2.46. The van der Waals surface area contributed by atoms with Gasteiger partial charge in [-0.05, 0) is 38.6 Å². The molecule has 2 fully saturated rings. The highest BCUT2D eigenvalue weighted by molar-refractivity contribution is 5.79. The highest BCUT2D eigenvalue weighted by atomic mass is 16.2. The summed E-state index contributed by atoms with van der Waals surface area (Å²) in [5, 5.41) is 0. The first-order valence-electron chi connectivity index (χ1n) is 7.86. The van der Waals surface area contributed by atoms with Crippen LogP contribution in [-0.2, 0) is 4.79 Å². The van der Waals surface area contributed by atoms with Crippen molar-refractivity contribution in [3.8, 4) is 0 Å². The third-order valence-electron chi connectivity index (χ3n) is 4.96. The Morgan fingerprint density at radius 3 is 2.53 bits per heavy atom. The van der Waals surface area contributed by atoms with E-state index >= 15 is 0 Å². The van der Waals surface area contributed by atoms with E-state index in [-0.39, 0.29) is 12.0 Å². The zero-order valence-corrected chi connectivity index (χ0v) is 12.5. The van der Waals surface area contributed by atoms with Crippen molar-refractivity contribution in [3.63, 3.8) is 0 Å². The van der Waals surface area contributed by atoms with E-state index in [1.807, 2.05) is 11.9 Å². The number of carbonyl (C=O) groups is 1. The van der Waals surface area contributed by atoms with Crippen molar-refractivity contribution in [2.45, 2.75) is 57.5 Å². The van der Waals surface area contributed by atoms with E-state index in [0.29, 0.717) is 11.9 Å². The third-order valence-corrected chi connectivity index (χ3v) is 4.96. The van der Waals surface area contributed by atoms with Crippen LogP contribution in [0, 0.1) is 5.92 Å². The van der Waals surface area contributed by atoms with E-state index in [2.05, 4.69) is 11.8 Å². The molecule has 0 aromatic heterocycles. The summed E-state index contributed by atoms with van der Waals surface area (Å²) < 4.78 is 0. The van der Waals surface area contributed by atoms with E-state index in [1.165, 1.54) is 0 Å². The van der Waals surface area contributed by atoms with Crippen LogP contribution in [0.3, 0.4) is 0 Å². The Bertz CT molecular complexity index is 300. The minimum Gasteiger partial charge on any atom is -0.342 e. The lowest BCUT2D eigenvalue weighted by Gasteiger charge is -2.38. The number of carbonyl (C=O) groups excluding carboxylic acids is 1. The van der Waals surface area contributed by atoms with Crippen molar-refractivity contribution in [2.24, 2.45) is 11.7 Å². The molecule has 2 unspecified atom stereocenters. The van der Waals surface area contributed by atoms with Gasteiger partial charge in [0.1, 0.15) is 0 Å². The topological polar surface area (TPSA) is 49.6 Å². The second kappa shape index (κ2) is 6.71. The minimum absolute atomic E-state index is 0.179. The number of amides is 1. The minimum atomic E-state index is 0.179. The fraction of sp³-hybridized carbons (Fsp3) is 0.933. The van der Waals surface area contributed by atoms with Gasteiger partial charge in [0.2, 0.25) is 5.91 Å². The van der Waals surface area contributed by atoms with Crippen molar-refractivity contribution in [2.75, 3.05) is 26.7 Å². The SMILES string of the molecule is CCN1CCC(N(C)C(=O)C2CCCC(N)C2)CC1. The van der Waals surface area contributed by atoms with Crippen LogP contribution in [0.25, 0.3) is 0 Å². The molecule has 0 radical (unpaired) electrons. The molecule has 0 bridgehead atoms. The van der Waals surface area contributed by atoms with E-state index in [0.717, 1.165) is 58.2 Å². The Balaban J connectivity index is 1.85. The Morgan fingerprint density at radius 2 is 1.95 bits per heavy atom. The van der Waals surface area contributed by atoms with Crippen LogP contribution in [0.15, 0.2) is 0 Å². The largest absolute Gasteiger partial charge is 0.342 e. The van der Waals surface area contributed by atoms with Crippen LogP contribution in [0.5, 0.6) is 0 Å². The molecule has 2 aliphatic rings. The molecule has 19 heavy (non-hydrogen) atoms. The maximum absolute atomic E-state index is 12.6. The molecular weight excluding hydrogens is 238 g/mol. The van der Waals surface area contributed by atoms with Gasteiger partial charge < -0.3 is 15.5 Å². The van der Waals surface area contributed by atoms with Crippen LogP contribution in [0.1, 0.15) is 45.4 Å². The predicted octanol–water partition coefficient (Wildman–Crippen LogP) is 1.45. The molecule has 1 amide bonds. The van der Waals surface area contributed by atoms with Gasteiger partial charge in [-0.25, -0.2) is 0 Å². The molecule has 0 spiro atoms. The second-order valence-electron chi connectivity index (χ2n) is 6.24. The van der Waals surface area contributed by atoms with Crippen molar-refractivity contribution in [1.82, 2.24) is 9.80 Å². The van der Waals surface area contributed by atoms with E-state index < -0.39 is 0 Å². The van der Waals surface area contributed by atoms with E-state index in [9.17, 15) is 4.79 Å². The van der Waals surface area contributed by atoms with Crippen LogP contribution in [-0.4, -0.2) is 54.5 Å². The Labute approximate surface area is 117 Å². The second-order valence-corrected chi connectivity index (χ2v) is 6.24. The van der Waals surface area contributed by atoms with E-state index in [4.69, 9.17) is 5.73 Å². The van der Waals surface area contributed by atoms with Crippen LogP contribution < -0.4 is 5.73 Å². The van der Waals surface area contributed by atoms with Crippen molar-refractivity contribution in [1.29, 1.82) is 0 Å². The van der Waals surface area contributed by atoms with Gasteiger partial charge in [0, 0.05) is 38.1 Å². The number of rotatable bonds is 3. The molecule has 1 saturated carbocycles. The van der Waals surface area contributed by atoms with Crippen molar-refractivity contribution >= 4 is 5.91 Å². The molecule has 1 saturated heterocycles. The smallest absolute Gasteiger partial charge is 0.225 e. The summed E-state index contributed by atoms with van der Waals surface area (Å²) in [6.45, 7) is 5.59. The van der Waals surface area contributed by atoms with Gasteiger partial charge in [-0.15, -0.1) is 0 Å². The van der Waals surface area contributed by atoms with Gasteiger partial charge in [0.05, 0.1) is 0 Å². The Morgan fingerprint density at radius 1 is 1.26 bits per heavy atom. The monoisotopic (exact) mass is 267 g/mol. The van der Waals surface area contributed by atoms with Gasteiger partial charge in [-0.3, -0.25) is 4.79 Å². The summed E-state index contributed by atoms with van der Waals surface area (Å²) in [6.07, 6.45) is 6.35. The first kappa shape index (κ1) is 14.8. The maximum Gasteiger partial charge on any atom is 0.225 e. The highest BCUT2D eigenvalue weighted by Gasteiger charge is 2.31. The van der Waals surface area contributed by atoms with Gasteiger partial charge in [-0.1, -0.05) is 13.3 Å². The van der Waals surface area contributed by atoms with Crippen LogP contribution >= 0.6 is 0 Å². The first-order chi connectivity index (χ1) is 9.11. The third kappa shape index (κ3) is 3.69. The predicted molar refractivity (Wildman–Crippen MR) is 77.8 cm³/mol. The molecule has 1 heterocycles. The Kier molecular flexibility index (Phi) is 5.22. The summed E-state index contributed by atoms with van der Waals surface area (Å²) in [5.74, 6) is 0.517. The van der Waals surface area contributed by atoms with E-state index in [1.54, 1.807) is 0 Å². The fourth-order valence-corrected chi connectivity index (χ4v) is 3.54. The molecule has 0 aromatic carbocycles. The summed E-state index contributed by atoms with van der Waals surface area (Å²) in [6, 6.07) is 0.673. The zero-order valence-electron chi connectivity index (χ0n) is 12.5. The molecule has 4 heteroatoms. The lowest BCUT2D eigenvalue weighted by molar-refractivity contribution is -0.138. The molecule has 4 nitrogen and oxygen atoms in total. The van der Waals surface area contributed by atoms with Gasteiger partial charge >= 0.3 is 0 Å². The fourth-order valence-electron chi connectivity index (χ4n) is 3.54. The van der Waals surface area contributed by atoms with Crippen molar-refractivity contribution in [3.05, 3.63) is 0 Å². The molecule has 0 aromatic rings. The molecule has 1 aliphatic carbocycles. The molecule has 110 valence electrons. The zero-order chi connectivity index (χ0) is 13.8. The molecular formula is C15H29N3O. The molecule has 2 N–H and O–H groups in total. The number of hydrogen-bond acceptors (Lipinski definition) is 3. The number of likely N-dealkylation sites (tertiary alicyclic amines) is 1. The van der Waals surface area contributed by atoms with Gasteiger partial charge in [0.15, 0.2) is 0 Å². The summed E-state index contributed by atoms with van der Waals surface area (Å²) in [4.78, 5) is 17.0. The lowest BCUT2D eigenvalue weighted by Crippen LogP contribution is -2.48. The molecule has 1 aliphatic heterocycles. The molecule has 2 rings (SSSR count). The standard InChI is InChI=1S/C15H29N3O/c1-3-18-9-7-14(8-10-18)17(2)15(19)12-5-4-6-13(16)11-12/h12-14H,3-11,16H2,1-2H3. The van der Waals surface area contributed by atoms with Crippen LogP contribution in [0.4, 0.5) is 0 Å². The first-order valence-corrected chi connectivity index (χ1v) is 7.86. The number of nitrogens with zero attached hydrogens (tertiary/aromatic N) is 2. The normalized spacial score (nSPS) is 30.3. The van der Waals surface area contributed by atoms with Gasteiger partial charge in [0.25, 0.3) is 0 Å². The summed E-state index contributed by atoms with van der Waals surface area (Å²) in [7, 11) is 1.99. The van der Waals surface area contributed by atoms with Gasteiger partial charge in [-0.2, -0.15) is 0 Å². The Hall–Kier alpha value is -0.610. The van der Waals surface area contributed by atoms with Crippen molar-refractivity contribution < 1.29 is 4.79 Å². The summed E-state index contributed by atoms with van der Waals surface area (Å²) >= 11 is 0. The number of piperidine rings is 1. The van der Waals surface area contributed by atoms with Crippen LogP contribution in [0.2, 0.25) is 0 Å². The highest BCUT2D eigenvalue weighted by Crippen LogP contribution is 2.26. The number of nitrogens with two attached hydrogens (primary N) is 1.